The van der Waals surface area contributed by atoms with E-state index in [1.54, 1.807) is 10.9 Å². The Labute approximate surface area is 164 Å². The minimum atomic E-state index is -0.154. The largest absolute Gasteiger partial charge is 0.490 e. The number of hydrogen-bond acceptors (Lipinski definition) is 4. The zero-order valence-corrected chi connectivity index (χ0v) is 16.7. The Morgan fingerprint density at radius 3 is 2.36 bits per heavy atom. The zero-order valence-electron chi connectivity index (χ0n) is 16.7. The molecule has 0 spiro atoms. The van der Waals surface area contributed by atoms with Crippen molar-refractivity contribution in [3.05, 3.63) is 70.1 Å². The smallest absolute Gasteiger partial charge is 0.297 e. The van der Waals surface area contributed by atoms with E-state index in [0.717, 1.165) is 16.9 Å². The van der Waals surface area contributed by atoms with Crippen LogP contribution < -0.4 is 15.0 Å². The fourth-order valence-electron chi connectivity index (χ4n) is 2.99. The van der Waals surface area contributed by atoms with E-state index < -0.39 is 0 Å². The quantitative estimate of drug-likeness (QED) is 0.582. The molecule has 0 aliphatic rings. The molecule has 6 heteroatoms. The fourth-order valence-corrected chi connectivity index (χ4v) is 2.99. The van der Waals surface area contributed by atoms with E-state index >= 15 is 0 Å². The topological polar surface area (TPSA) is 57.8 Å². The maximum Gasteiger partial charge on any atom is 0.297 e. The van der Waals surface area contributed by atoms with Crippen LogP contribution >= 0.6 is 0 Å². The van der Waals surface area contributed by atoms with E-state index in [4.69, 9.17) is 9.47 Å². The van der Waals surface area contributed by atoms with E-state index in [1.807, 2.05) is 81.0 Å². The van der Waals surface area contributed by atoms with Gasteiger partial charge in [0.05, 0.1) is 24.6 Å². The number of para-hydroxylation sites is 1. The second kappa shape index (κ2) is 8.61. The minimum Gasteiger partial charge on any atom is -0.490 e. The highest BCUT2D eigenvalue weighted by molar-refractivity contribution is 5.83. The molecule has 28 heavy (non-hydrogen) atoms. The summed E-state index contributed by atoms with van der Waals surface area (Å²) in [4.78, 5) is 17.4. The van der Waals surface area contributed by atoms with Gasteiger partial charge < -0.3 is 9.47 Å². The van der Waals surface area contributed by atoms with E-state index in [1.165, 1.54) is 0 Å². The second-order valence-electron chi connectivity index (χ2n) is 6.24. The van der Waals surface area contributed by atoms with Gasteiger partial charge in [-0.15, -0.1) is 0 Å². The lowest BCUT2D eigenvalue weighted by atomic mass is 10.2. The van der Waals surface area contributed by atoms with Gasteiger partial charge in [0, 0.05) is 13.3 Å². The van der Waals surface area contributed by atoms with Crippen LogP contribution in [0.1, 0.15) is 25.1 Å². The van der Waals surface area contributed by atoms with Crippen LogP contribution in [0.2, 0.25) is 0 Å². The molecule has 0 aliphatic heterocycles. The summed E-state index contributed by atoms with van der Waals surface area (Å²) in [5.74, 6) is 1.36. The van der Waals surface area contributed by atoms with Gasteiger partial charge in [-0.3, -0.25) is 9.48 Å². The van der Waals surface area contributed by atoms with Gasteiger partial charge in [-0.2, -0.15) is 0 Å². The summed E-state index contributed by atoms with van der Waals surface area (Å²) in [6, 6.07) is 15.1. The molecule has 0 bridgehead atoms. The highest BCUT2D eigenvalue weighted by atomic mass is 16.5. The van der Waals surface area contributed by atoms with Crippen molar-refractivity contribution in [3.63, 3.8) is 0 Å². The summed E-state index contributed by atoms with van der Waals surface area (Å²) in [5, 5.41) is 0. The van der Waals surface area contributed by atoms with Crippen LogP contribution in [0.4, 0.5) is 5.69 Å². The predicted molar refractivity (Wildman–Crippen MR) is 112 cm³/mol. The lowest BCUT2D eigenvalue weighted by Gasteiger charge is -2.11. The van der Waals surface area contributed by atoms with E-state index in [2.05, 4.69) is 4.99 Å². The van der Waals surface area contributed by atoms with Crippen LogP contribution in [0.25, 0.3) is 5.69 Å². The third-order valence-electron chi connectivity index (χ3n) is 4.43. The summed E-state index contributed by atoms with van der Waals surface area (Å²) >= 11 is 0. The summed E-state index contributed by atoms with van der Waals surface area (Å²) in [6.07, 6.45) is 1.68. The Balaban J connectivity index is 1.97. The third kappa shape index (κ3) is 3.86. The number of ether oxygens (including phenoxy) is 2. The summed E-state index contributed by atoms with van der Waals surface area (Å²) in [7, 11) is 1.85. The molecule has 0 aliphatic carbocycles. The average Bonchev–Trinajstić information content (AvgIpc) is 2.91. The van der Waals surface area contributed by atoms with Gasteiger partial charge in [0.2, 0.25) is 0 Å². The molecule has 1 heterocycles. The standard InChI is InChI=1S/C22H25N3O3/c1-5-27-19-13-12-17(14-20(19)28-6-2)15-23-21-16(3)24(4)25(22(21)26)18-10-8-7-9-11-18/h7-15H,5-6H2,1-4H3. The molecule has 0 unspecified atom stereocenters. The van der Waals surface area contributed by atoms with Crippen molar-refractivity contribution in [1.82, 2.24) is 9.36 Å². The number of hydrogen-bond donors (Lipinski definition) is 0. The maximum atomic E-state index is 12.9. The Bertz CT molecular complexity index is 1030. The van der Waals surface area contributed by atoms with Gasteiger partial charge in [0.1, 0.15) is 0 Å². The van der Waals surface area contributed by atoms with Crippen molar-refractivity contribution in [2.24, 2.45) is 12.0 Å². The van der Waals surface area contributed by atoms with Gasteiger partial charge in [0.15, 0.2) is 17.2 Å². The lowest BCUT2D eigenvalue weighted by Crippen LogP contribution is -2.19. The van der Waals surface area contributed by atoms with Crippen LogP contribution in [-0.2, 0) is 7.05 Å². The van der Waals surface area contributed by atoms with Gasteiger partial charge in [0.25, 0.3) is 5.56 Å². The molecule has 0 saturated heterocycles. The fraction of sp³-hybridized carbons (Fsp3) is 0.273. The predicted octanol–water partition coefficient (Wildman–Crippen LogP) is 4.03. The Kier molecular flexibility index (Phi) is 5.99. The Morgan fingerprint density at radius 1 is 1.00 bits per heavy atom. The Morgan fingerprint density at radius 2 is 1.68 bits per heavy atom. The Hall–Kier alpha value is -3.28. The molecular weight excluding hydrogens is 354 g/mol. The molecule has 2 aromatic carbocycles. The van der Waals surface area contributed by atoms with Crippen LogP contribution in [0.15, 0.2) is 58.3 Å². The molecule has 1 aromatic heterocycles. The van der Waals surface area contributed by atoms with Crippen LogP contribution in [0.3, 0.4) is 0 Å². The van der Waals surface area contributed by atoms with Crippen molar-refractivity contribution < 1.29 is 9.47 Å². The maximum absolute atomic E-state index is 12.9. The third-order valence-corrected chi connectivity index (χ3v) is 4.43. The van der Waals surface area contributed by atoms with E-state index in [9.17, 15) is 4.79 Å². The molecule has 0 N–H and O–H groups in total. The van der Waals surface area contributed by atoms with Crippen molar-refractivity contribution in [1.29, 1.82) is 0 Å². The second-order valence-corrected chi connectivity index (χ2v) is 6.24. The van der Waals surface area contributed by atoms with Crippen molar-refractivity contribution in [2.75, 3.05) is 13.2 Å². The van der Waals surface area contributed by atoms with Crippen LogP contribution in [0.5, 0.6) is 11.5 Å². The summed E-state index contributed by atoms with van der Waals surface area (Å²) < 4.78 is 14.7. The van der Waals surface area contributed by atoms with E-state index in [-0.39, 0.29) is 5.56 Å². The molecule has 146 valence electrons. The molecule has 0 saturated carbocycles. The number of aromatic nitrogens is 2. The van der Waals surface area contributed by atoms with E-state index in [0.29, 0.717) is 30.4 Å². The first-order chi connectivity index (χ1) is 13.6. The van der Waals surface area contributed by atoms with Crippen LogP contribution in [-0.4, -0.2) is 28.8 Å². The monoisotopic (exact) mass is 379 g/mol. The molecule has 3 aromatic rings. The highest BCUT2D eigenvalue weighted by Crippen LogP contribution is 2.28. The molecule has 0 fully saturated rings. The van der Waals surface area contributed by atoms with Crippen molar-refractivity contribution in [3.8, 4) is 17.2 Å². The van der Waals surface area contributed by atoms with Crippen molar-refractivity contribution in [2.45, 2.75) is 20.8 Å². The lowest BCUT2D eigenvalue weighted by molar-refractivity contribution is 0.288. The molecule has 3 rings (SSSR count). The normalized spacial score (nSPS) is 11.1. The van der Waals surface area contributed by atoms with Gasteiger partial charge in [-0.1, -0.05) is 18.2 Å². The SMILES string of the molecule is CCOc1ccc(C=Nc2c(C)n(C)n(-c3ccccc3)c2=O)cc1OCC. The summed E-state index contributed by atoms with van der Waals surface area (Å²) in [6.45, 7) is 6.85. The van der Waals surface area contributed by atoms with Gasteiger partial charge in [-0.25, -0.2) is 9.67 Å². The number of rotatable bonds is 7. The molecule has 0 radical (unpaired) electrons. The highest BCUT2D eigenvalue weighted by Gasteiger charge is 2.15. The zero-order chi connectivity index (χ0) is 20.1. The molecular formula is C22H25N3O3. The molecule has 6 nitrogen and oxygen atoms in total. The number of aliphatic imine (C=N–C) groups is 1. The number of nitrogens with zero attached hydrogens (tertiary/aromatic N) is 3. The first-order valence-corrected chi connectivity index (χ1v) is 9.34. The van der Waals surface area contributed by atoms with Gasteiger partial charge >= 0.3 is 0 Å². The number of benzene rings is 2. The minimum absolute atomic E-state index is 0.154. The van der Waals surface area contributed by atoms with Gasteiger partial charge in [-0.05, 0) is 56.7 Å². The molecule has 0 atom stereocenters. The first-order valence-electron chi connectivity index (χ1n) is 9.34. The first kappa shape index (κ1) is 19.5. The molecule has 0 amide bonds. The van der Waals surface area contributed by atoms with Crippen molar-refractivity contribution >= 4 is 11.9 Å². The van der Waals surface area contributed by atoms with Crippen LogP contribution in [0, 0.1) is 6.92 Å². The summed E-state index contributed by atoms with van der Waals surface area (Å²) in [5.41, 5.74) is 2.69. The average molecular weight is 379 g/mol.